The van der Waals surface area contributed by atoms with E-state index in [0.29, 0.717) is 18.0 Å². The topological polar surface area (TPSA) is 55.4 Å². The Kier molecular flexibility index (Phi) is 4.59. The van der Waals surface area contributed by atoms with Gasteiger partial charge in [-0.2, -0.15) is 0 Å². The summed E-state index contributed by atoms with van der Waals surface area (Å²) in [4.78, 5) is -0.00381. The minimum absolute atomic E-state index is 0.00381. The molecule has 0 unspecified atom stereocenters. The van der Waals surface area contributed by atoms with Gasteiger partial charge in [-0.25, -0.2) is 12.8 Å². The van der Waals surface area contributed by atoms with Crippen LogP contribution in [-0.4, -0.2) is 15.0 Å². The molecule has 2 rings (SSSR count). The molecule has 2 aromatic carbocycles. The van der Waals surface area contributed by atoms with E-state index >= 15 is 0 Å². The fourth-order valence-corrected chi connectivity index (χ4v) is 2.66. The molecule has 0 aliphatic carbocycles. The van der Waals surface area contributed by atoms with E-state index in [0.717, 1.165) is 12.1 Å². The summed E-state index contributed by atoms with van der Waals surface area (Å²) in [6.45, 7) is 3.91. The molecule has 0 fully saturated rings. The number of sulfonamides is 1. The molecule has 0 aliphatic rings. The zero-order chi connectivity index (χ0) is 15.3. The largest absolute Gasteiger partial charge is 0.490 e. The first kappa shape index (κ1) is 15.1. The van der Waals surface area contributed by atoms with E-state index in [9.17, 15) is 12.8 Å². The van der Waals surface area contributed by atoms with E-state index in [1.807, 2.05) is 0 Å². The van der Waals surface area contributed by atoms with Gasteiger partial charge in [-0.05, 0) is 48.5 Å². The van der Waals surface area contributed by atoms with Gasteiger partial charge in [-0.3, -0.25) is 4.72 Å². The molecule has 0 saturated heterocycles. The summed E-state index contributed by atoms with van der Waals surface area (Å²) in [5.74, 6) is 0.123. The fraction of sp³-hybridized carbons (Fsp3) is 0.0667. The minimum atomic E-state index is -3.73. The van der Waals surface area contributed by atoms with E-state index in [-0.39, 0.29) is 4.90 Å². The van der Waals surface area contributed by atoms with Gasteiger partial charge in [-0.15, -0.1) is 0 Å². The number of hydrogen-bond donors (Lipinski definition) is 1. The highest BCUT2D eigenvalue weighted by molar-refractivity contribution is 7.92. The van der Waals surface area contributed by atoms with E-state index in [4.69, 9.17) is 4.74 Å². The smallest absolute Gasteiger partial charge is 0.261 e. The molecule has 0 spiro atoms. The molecule has 0 amide bonds. The molecule has 0 bridgehead atoms. The second-order valence-corrected chi connectivity index (χ2v) is 5.87. The van der Waals surface area contributed by atoms with Crippen molar-refractivity contribution in [2.24, 2.45) is 0 Å². The molecule has 0 aliphatic heterocycles. The summed E-state index contributed by atoms with van der Waals surface area (Å²) in [6, 6.07) is 11.1. The van der Waals surface area contributed by atoms with Gasteiger partial charge in [0.25, 0.3) is 10.0 Å². The van der Waals surface area contributed by atoms with Crippen LogP contribution >= 0.6 is 0 Å². The van der Waals surface area contributed by atoms with Crippen LogP contribution < -0.4 is 9.46 Å². The van der Waals surface area contributed by atoms with Crippen LogP contribution in [0, 0.1) is 5.82 Å². The van der Waals surface area contributed by atoms with Gasteiger partial charge < -0.3 is 4.74 Å². The van der Waals surface area contributed by atoms with Gasteiger partial charge in [-0.1, -0.05) is 12.7 Å². The van der Waals surface area contributed by atoms with Crippen molar-refractivity contribution >= 4 is 15.7 Å². The maximum absolute atomic E-state index is 12.8. The summed E-state index contributed by atoms with van der Waals surface area (Å²) in [7, 11) is -3.73. The molecule has 1 N–H and O–H groups in total. The van der Waals surface area contributed by atoms with Crippen molar-refractivity contribution in [3.05, 3.63) is 67.0 Å². The van der Waals surface area contributed by atoms with Gasteiger partial charge in [0.15, 0.2) is 0 Å². The minimum Gasteiger partial charge on any atom is -0.490 e. The average molecular weight is 307 g/mol. The third-order valence-corrected chi connectivity index (χ3v) is 4.00. The fourth-order valence-electron chi connectivity index (χ4n) is 1.60. The van der Waals surface area contributed by atoms with Crippen molar-refractivity contribution in [3.63, 3.8) is 0 Å². The zero-order valence-electron chi connectivity index (χ0n) is 11.1. The van der Waals surface area contributed by atoms with Crippen molar-refractivity contribution in [1.82, 2.24) is 0 Å². The Morgan fingerprint density at radius 2 is 1.71 bits per heavy atom. The van der Waals surface area contributed by atoms with Crippen LogP contribution in [-0.2, 0) is 10.0 Å². The molecular weight excluding hydrogens is 293 g/mol. The second kappa shape index (κ2) is 6.41. The average Bonchev–Trinajstić information content (AvgIpc) is 2.47. The summed E-state index contributed by atoms with van der Waals surface area (Å²) in [6.07, 6.45) is 1.62. The van der Waals surface area contributed by atoms with Crippen LogP contribution in [0.25, 0.3) is 0 Å². The van der Waals surface area contributed by atoms with Gasteiger partial charge in [0.1, 0.15) is 18.2 Å². The summed E-state index contributed by atoms with van der Waals surface area (Å²) >= 11 is 0. The number of benzene rings is 2. The predicted octanol–water partition coefficient (Wildman–Crippen LogP) is 3.19. The summed E-state index contributed by atoms with van der Waals surface area (Å²) in [5, 5.41) is 0. The van der Waals surface area contributed by atoms with Gasteiger partial charge in [0, 0.05) is 5.69 Å². The third-order valence-electron chi connectivity index (χ3n) is 2.60. The predicted molar refractivity (Wildman–Crippen MR) is 79.3 cm³/mol. The summed E-state index contributed by atoms with van der Waals surface area (Å²) in [5.41, 5.74) is 0.394. The number of halogens is 1. The Hall–Kier alpha value is -2.34. The monoisotopic (exact) mass is 307 g/mol. The Labute approximate surface area is 122 Å². The van der Waals surface area contributed by atoms with E-state index in [2.05, 4.69) is 11.3 Å². The molecule has 21 heavy (non-hydrogen) atoms. The van der Waals surface area contributed by atoms with Gasteiger partial charge >= 0.3 is 0 Å². The van der Waals surface area contributed by atoms with Crippen LogP contribution in [0.3, 0.4) is 0 Å². The molecule has 0 radical (unpaired) electrons. The van der Waals surface area contributed by atoms with Crippen LogP contribution in [0.4, 0.5) is 10.1 Å². The lowest BCUT2D eigenvalue weighted by atomic mass is 10.3. The molecule has 0 saturated carbocycles. The lowest BCUT2D eigenvalue weighted by molar-refractivity contribution is 0.363. The molecule has 2 aromatic rings. The second-order valence-electron chi connectivity index (χ2n) is 4.18. The van der Waals surface area contributed by atoms with Crippen molar-refractivity contribution in [2.45, 2.75) is 4.90 Å². The van der Waals surface area contributed by atoms with E-state index in [1.54, 1.807) is 30.3 Å². The van der Waals surface area contributed by atoms with Crippen LogP contribution in [0.15, 0.2) is 66.1 Å². The lowest BCUT2D eigenvalue weighted by Crippen LogP contribution is -2.12. The van der Waals surface area contributed by atoms with Crippen LogP contribution in [0.2, 0.25) is 0 Å². The molecular formula is C15H14FNO3S. The first-order valence-corrected chi connectivity index (χ1v) is 7.62. The Morgan fingerprint density at radius 3 is 2.29 bits per heavy atom. The number of hydrogen-bond acceptors (Lipinski definition) is 3. The standard InChI is InChI=1S/C15H14FNO3S/c1-2-11-20-14-7-5-13(6-8-14)17-21(18,19)15-9-3-12(16)4-10-15/h2-10,17H,1,11H2. The van der Waals surface area contributed by atoms with Crippen LogP contribution in [0.5, 0.6) is 5.75 Å². The maximum atomic E-state index is 12.8. The highest BCUT2D eigenvalue weighted by Crippen LogP contribution is 2.19. The number of anilines is 1. The van der Waals surface area contributed by atoms with E-state index < -0.39 is 15.8 Å². The molecule has 4 nitrogen and oxygen atoms in total. The van der Waals surface area contributed by atoms with Crippen molar-refractivity contribution in [3.8, 4) is 5.75 Å². The Bertz CT molecular complexity index is 710. The highest BCUT2D eigenvalue weighted by atomic mass is 32.2. The molecule has 110 valence electrons. The summed E-state index contributed by atoms with van der Waals surface area (Å²) < 4.78 is 44.7. The Morgan fingerprint density at radius 1 is 1.10 bits per heavy atom. The quantitative estimate of drug-likeness (QED) is 0.834. The first-order chi connectivity index (χ1) is 10.0. The highest BCUT2D eigenvalue weighted by Gasteiger charge is 2.13. The number of rotatable bonds is 6. The SMILES string of the molecule is C=CCOc1ccc(NS(=O)(=O)c2ccc(F)cc2)cc1. The van der Waals surface area contributed by atoms with Crippen molar-refractivity contribution < 1.29 is 17.5 Å². The van der Waals surface area contributed by atoms with Crippen molar-refractivity contribution in [2.75, 3.05) is 11.3 Å². The van der Waals surface area contributed by atoms with Gasteiger partial charge in [0.2, 0.25) is 0 Å². The third kappa shape index (κ3) is 4.06. The van der Waals surface area contributed by atoms with E-state index in [1.165, 1.54) is 12.1 Å². The number of ether oxygens (including phenoxy) is 1. The Balaban J connectivity index is 2.13. The van der Waals surface area contributed by atoms with Crippen molar-refractivity contribution in [1.29, 1.82) is 0 Å². The molecule has 0 aromatic heterocycles. The normalized spacial score (nSPS) is 10.9. The lowest BCUT2D eigenvalue weighted by Gasteiger charge is -2.09. The molecule has 0 heterocycles. The first-order valence-electron chi connectivity index (χ1n) is 6.13. The molecule has 0 atom stereocenters. The van der Waals surface area contributed by atoms with Gasteiger partial charge in [0.05, 0.1) is 4.90 Å². The van der Waals surface area contributed by atoms with Crippen LogP contribution in [0.1, 0.15) is 0 Å². The zero-order valence-corrected chi connectivity index (χ0v) is 11.9. The molecule has 6 heteroatoms. The number of nitrogens with one attached hydrogen (secondary N) is 1. The maximum Gasteiger partial charge on any atom is 0.261 e.